The number of nitrogens with one attached hydrogen (secondary N) is 1. The monoisotopic (exact) mass is 254 g/mol. The molecule has 0 bridgehead atoms. The number of alkyl halides is 1. The van der Waals surface area contributed by atoms with Gasteiger partial charge in [0.25, 0.3) is 0 Å². The maximum Gasteiger partial charge on any atom is 0.207 e. The molecule has 1 amide bonds. The summed E-state index contributed by atoms with van der Waals surface area (Å²) in [6, 6.07) is 0. The molecule has 0 aliphatic rings. The van der Waals surface area contributed by atoms with Crippen molar-refractivity contribution < 1.29 is 4.79 Å². The number of hydrogen-bond acceptors (Lipinski definition) is 3. The largest absolute Gasteiger partial charge is 0.355 e. The van der Waals surface area contributed by atoms with Crippen LogP contribution in [0.25, 0.3) is 5.70 Å². The maximum absolute atomic E-state index is 10.3. The minimum absolute atomic E-state index is 0.0691. The third-order valence-electron chi connectivity index (χ3n) is 2.07. The zero-order valence-corrected chi connectivity index (χ0v) is 10.6. The Balaban J connectivity index is 2.97. The van der Waals surface area contributed by atoms with Crippen molar-refractivity contribution in [1.29, 1.82) is 0 Å². The predicted molar refractivity (Wildman–Crippen MR) is 67.4 cm³/mol. The van der Waals surface area contributed by atoms with Gasteiger partial charge >= 0.3 is 0 Å². The molecule has 92 valence electrons. The van der Waals surface area contributed by atoms with E-state index in [4.69, 9.17) is 11.6 Å². The van der Waals surface area contributed by atoms with E-state index in [1.54, 1.807) is 11.0 Å². The molecule has 1 unspecified atom stereocenters. The molecule has 1 N–H and O–H groups in total. The van der Waals surface area contributed by atoms with E-state index >= 15 is 0 Å². The van der Waals surface area contributed by atoms with E-state index in [0.29, 0.717) is 13.0 Å². The van der Waals surface area contributed by atoms with E-state index in [-0.39, 0.29) is 5.38 Å². The summed E-state index contributed by atoms with van der Waals surface area (Å²) in [7, 11) is 0. The number of halogens is 1. The predicted octanol–water partition coefficient (Wildman–Crippen LogP) is 1.44. The van der Waals surface area contributed by atoms with Crippen LogP contribution in [0, 0.1) is 0 Å². The minimum Gasteiger partial charge on any atom is -0.355 e. The van der Waals surface area contributed by atoms with Crippen molar-refractivity contribution in [3.8, 4) is 0 Å². The van der Waals surface area contributed by atoms with Crippen LogP contribution in [0.4, 0.5) is 0 Å². The summed E-state index contributed by atoms with van der Waals surface area (Å²) in [6.07, 6.45) is 7.44. The number of hydrogen-bond donors (Lipinski definition) is 1. The summed E-state index contributed by atoms with van der Waals surface area (Å²) in [5.41, 5.74) is 1.82. The lowest BCUT2D eigenvalue weighted by Gasteiger charge is -2.08. The Morgan fingerprint density at radius 1 is 1.65 bits per heavy atom. The summed E-state index contributed by atoms with van der Waals surface area (Å²) in [5.74, 6) is 0. The minimum atomic E-state index is -0.0691. The van der Waals surface area contributed by atoms with Crippen LogP contribution in [0.1, 0.15) is 13.8 Å². The quantitative estimate of drug-likeness (QED) is 0.475. The molecular formula is C11H15ClN4O. The smallest absolute Gasteiger partial charge is 0.207 e. The van der Waals surface area contributed by atoms with Crippen molar-refractivity contribution in [3.63, 3.8) is 0 Å². The van der Waals surface area contributed by atoms with Gasteiger partial charge in [-0.25, -0.2) is 9.67 Å². The molecule has 1 heterocycles. The van der Waals surface area contributed by atoms with Crippen LogP contribution in [-0.2, 0) is 4.79 Å². The molecule has 0 aliphatic heterocycles. The Bertz CT molecular complexity index is 409. The number of carbonyl (C=O) groups is 1. The number of allylic oxidation sites excluding steroid dienone is 3. The third-order valence-corrected chi connectivity index (χ3v) is 2.22. The molecular weight excluding hydrogens is 240 g/mol. The van der Waals surface area contributed by atoms with Crippen molar-refractivity contribution in [3.05, 3.63) is 30.4 Å². The molecule has 1 rings (SSSR count). The Kier molecular flexibility index (Phi) is 5.42. The first kappa shape index (κ1) is 13.4. The second-order valence-corrected chi connectivity index (χ2v) is 4.23. The van der Waals surface area contributed by atoms with Gasteiger partial charge in [-0.05, 0) is 25.5 Å². The molecule has 0 saturated heterocycles. The first-order valence-electron chi connectivity index (χ1n) is 5.19. The number of amides is 1. The Labute approximate surface area is 105 Å². The molecule has 1 atom stereocenters. The van der Waals surface area contributed by atoms with Gasteiger partial charge in [0.05, 0.1) is 5.70 Å². The van der Waals surface area contributed by atoms with E-state index < -0.39 is 0 Å². The number of rotatable bonds is 6. The lowest BCUT2D eigenvalue weighted by atomic mass is 10.2. The van der Waals surface area contributed by atoms with E-state index in [1.807, 2.05) is 26.0 Å². The van der Waals surface area contributed by atoms with E-state index in [1.165, 1.54) is 6.33 Å². The topological polar surface area (TPSA) is 59.8 Å². The Morgan fingerprint density at radius 2 is 2.41 bits per heavy atom. The number of nitrogens with zero attached hydrogens (tertiary/aromatic N) is 3. The zero-order chi connectivity index (χ0) is 12.7. The summed E-state index contributed by atoms with van der Waals surface area (Å²) < 4.78 is 1.64. The lowest BCUT2D eigenvalue weighted by molar-refractivity contribution is -0.109. The van der Waals surface area contributed by atoms with Gasteiger partial charge in [0.15, 0.2) is 0 Å². The summed E-state index contributed by atoms with van der Waals surface area (Å²) in [5, 5.41) is 6.60. The molecule has 6 heteroatoms. The van der Waals surface area contributed by atoms with Crippen molar-refractivity contribution in [2.75, 3.05) is 6.54 Å². The normalized spacial score (nSPS) is 14.5. The van der Waals surface area contributed by atoms with Crippen LogP contribution in [-0.4, -0.2) is 33.1 Å². The summed E-state index contributed by atoms with van der Waals surface area (Å²) >= 11 is 5.87. The Hall–Kier alpha value is -1.62. The highest BCUT2D eigenvalue weighted by molar-refractivity contribution is 6.21. The molecule has 0 aromatic carbocycles. The fourth-order valence-electron chi connectivity index (χ4n) is 1.26. The highest BCUT2D eigenvalue weighted by Crippen LogP contribution is 2.11. The van der Waals surface area contributed by atoms with Crippen LogP contribution in [0.15, 0.2) is 30.4 Å². The first-order chi connectivity index (χ1) is 8.15. The zero-order valence-electron chi connectivity index (χ0n) is 9.80. The molecule has 1 aromatic heterocycles. The van der Waals surface area contributed by atoms with Crippen molar-refractivity contribution >= 4 is 23.7 Å². The van der Waals surface area contributed by atoms with Crippen LogP contribution in [0.5, 0.6) is 0 Å². The van der Waals surface area contributed by atoms with Gasteiger partial charge in [-0.3, -0.25) is 4.79 Å². The second-order valence-electron chi connectivity index (χ2n) is 3.54. The second kappa shape index (κ2) is 6.85. The maximum atomic E-state index is 10.3. The molecule has 0 aliphatic carbocycles. The van der Waals surface area contributed by atoms with E-state index in [0.717, 1.165) is 11.3 Å². The number of carbonyl (C=O) groups excluding carboxylic acids is 1. The van der Waals surface area contributed by atoms with Gasteiger partial charge in [-0.2, -0.15) is 5.10 Å². The SMILES string of the molecule is C/C(CNC=O)=C(\C=C/C(C)Cl)n1cncn1. The molecule has 0 radical (unpaired) electrons. The molecule has 0 fully saturated rings. The van der Waals surface area contributed by atoms with Crippen LogP contribution in [0.2, 0.25) is 0 Å². The van der Waals surface area contributed by atoms with Crippen molar-refractivity contribution in [1.82, 2.24) is 20.1 Å². The van der Waals surface area contributed by atoms with Crippen LogP contribution >= 0.6 is 11.6 Å². The van der Waals surface area contributed by atoms with Gasteiger partial charge in [0.1, 0.15) is 12.7 Å². The van der Waals surface area contributed by atoms with Crippen molar-refractivity contribution in [2.45, 2.75) is 19.2 Å². The standard InChI is InChI=1S/C11H15ClN4O/c1-9(5-13-8-17)11(4-3-10(2)12)16-7-14-6-15-16/h3-4,6-8,10H,5H2,1-2H3,(H,13,17)/b4-3-,11-9-. The molecule has 1 aromatic rings. The first-order valence-corrected chi connectivity index (χ1v) is 5.63. The lowest BCUT2D eigenvalue weighted by Crippen LogP contribution is -2.15. The molecule has 0 spiro atoms. The fraction of sp³-hybridized carbons (Fsp3) is 0.364. The van der Waals surface area contributed by atoms with Gasteiger partial charge in [-0.15, -0.1) is 11.6 Å². The van der Waals surface area contributed by atoms with Crippen LogP contribution in [0.3, 0.4) is 0 Å². The van der Waals surface area contributed by atoms with Gasteiger partial charge in [-0.1, -0.05) is 6.08 Å². The van der Waals surface area contributed by atoms with Gasteiger partial charge in [0.2, 0.25) is 6.41 Å². The number of aromatic nitrogens is 3. The Morgan fingerprint density at radius 3 is 2.94 bits per heavy atom. The van der Waals surface area contributed by atoms with Crippen molar-refractivity contribution in [2.24, 2.45) is 0 Å². The van der Waals surface area contributed by atoms with E-state index in [2.05, 4.69) is 15.4 Å². The van der Waals surface area contributed by atoms with E-state index in [9.17, 15) is 4.79 Å². The average Bonchev–Trinajstić information content (AvgIpc) is 2.79. The molecule has 17 heavy (non-hydrogen) atoms. The van der Waals surface area contributed by atoms with Gasteiger partial charge in [0, 0.05) is 11.9 Å². The summed E-state index contributed by atoms with van der Waals surface area (Å²) in [4.78, 5) is 14.2. The fourth-order valence-corrected chi connectivity index (χ4v) is 1.33. The third kappa shape index (κ3) is 4.40. The highest BCUT2D eigenvalue weighted by Gasteiger charge is 2.03. The highest BCUT2D eigenvalue weighted by atomic mass is 35.5. The molecule has 5 nitrogen and oxygen atoms in total. The summed E-state index contributed by atoms with van der Waals surface area (Å²) in [6.45, 7) is 4.24. The average molecular weight is 255 g/mol. The van der Waals surface area contributed by atoms with Crippen LogP contribution < -0.4 is 5.32 Å². The molecule has 0 saturated carbocycles. The van der Waals surface area contributed by atoms with Gasteiger partial charge < -0.3 is 5.32 Å².